The molecule has 1 aromatic carbocycles. The lowest BCUT2D eigenvalue weighted by Crippen LogP contribution is -2.24. The van der Waals surface area contributed by atoms with Crippen LogP contribution in [-0.2, 0) is 9.53 Å². The highest BCUT2D eigenvalue weighted by molar-refractivity contribution is 5.70. The van der Waals surface area contributed by atoms with Crippen molar-refractivity contribution in [1.82, 2.24) is 5.32 Å². The molecule has 1 N–H and O–H groups in total. The van der Waals surface area contributed by atoms with Crippen LogP contribution >= 0.6 is 0 Å². The molecule has 17 heavy (non-hydrogen) atoms. The molecule has 4 heteroatoms. The van der Waals surface area contributed by atoms with Gasteiger partial charge < -0.3 is 10.1 Å². The molecule has 0 aromatic heterocycles. The van der Waals surface area contributed by atoms with Gasteiger partial charge in [-0.25, -0.2) is 4.39 Å². The largest absolute Gasteiger partial charge is 0.469 e. The Morgan fingerprint density at radius 1 is 1.53 bits per heavy atom. The van der Waals surface area contributed by atoms with E-state index in [0.717, 1.165) is 17.7 Å². The first kappa shape index (κ1) is 13.6. The second-order valence-corrected chi connectivity index (χ2v) is 3.89. The second-order valence-electron chi connectivity index (χ2n) is 3.89. The van der Waals surface area contributed by atoms with E-state index in [1.165, 1.54) is 19.2 Å². The van der Waals surface area contributed by atoms with Crippen molar-refractivity contribution < 1.29 is 13.9 Å². The Morgan fingerprint density at radius 2 is 2.24 bits per heavy atom. The fourth-order valence-corrected chi connectivity index (χ4v) is 1.82. The van der Waals surface area contributed by atoms with Crippen molar-refractivity contribution in [3.63, 3.8) is 0 Å². The number of methoxy groups -OCH3 is 1. The van der Waals surface area contributed by atoms with Crippen molar-refractivity contribution in [3.05, 3.63) is 35.1 Å². The van der Waals surface area contributed by atoms with Crippen LogP contribution in [0.3, 0.4) is 0 Å². The molecule has 1 atom stereocenters. The molecule has 0 aliphatic carbocycles. The molecule has 0 radical (unpaired) electrons. The number of benzene rings is 1. The highest BCUT2D eigenvalue weighted by Crippen LogP contribution is 2.21. The van der Waals surface area contributed by atoms with E-state index in [0.29, 0.717) is 0 Å². The maximum absolute atomic E-state index is 13.0. The van der Waals surface area contributed by atoms with Gasteiger partial charge in [-0.3, -0.25) is 4.79 Å². The molecule has 0 aliphatic rings. The molecular weight excluding hydrogens is 221 g/mol. The van der Waals surface area contributed by atoms with E-state index in [1.54, 1.807) is 6.07 Å². The molecule has 0 saturated heterocycles. The van der Waals surface area contributed by atoms with Gasteiger partial charge in [0.25, 0.3) is 0 Å². The van der Waals surface area contributed by atoms with Crippen LogP contribution in [0, 0.1) is 12.7 Å². The number of ether oxygens (including phenoxy) is 1. The number of carbonyl (C=O) groups excluding carboxylic acids is 1. The quantitative estimate of drug-likeness (QED) is 0.801. The average Bonchev–Trinajstić information content (AvgIpc) is 2.28. The number of hydrogen-bond acceptors (Lipinski definition) is 3. The maximum atomic E-state index is 13.0. The lowest BCUT2D eigenvalue weighted by atomic mass is 9.98. The smallest absolute Gasteiger partial charge is 0.307 e. The van der Waals surface area contributed by atoms with Crippen LogP contribution in [0.1, 0.15) is 30.5 Å². The van der Waals surface area contributed by atoms with Crippen molar-refractivity contribution in [2.75, 3.05) is 13.7 Å². The van der Waals surface area contributed by atoms with E-state index in [9.17, 15) is 9.18 Å². The van der Waals surface area contributed by atoms with Crippen LogP contribution in [0.5, 0.6) is 0 Å². The molecule has 0 heterocycles. The summed E-state index contributed by atoms with van der Waals surface area (Å²) in [7, 11) is 1.36. The summed E-state index contributed by atoms with van der Waals surface area (Å²) in [6.45, 7) is 4.53. The van der Waals surface area contributed by atoms with Gasteiger partial charge in [0, 0.05) is 6.04 Å². The van der Waals surface area contributed by atoms with Gasteiger partial charge >= 0.3 is 5.97 Å². The molecule has 1 unspecified atom stereocenters. The lowest BCUT2D eigenvalue weighted by Gasteiger charge is -2.19. The van der Waals surface area contributed by atoms with Gasteiger partial charge in [0.2, 0.25) is 0 Å². The number of nitrogens with one attached hydrogen (secondary N) is 1. The molecule has 0 fully saturated rings. The Morgan fingerprint density at radius 3 is 2.76 bits per heavy atom. The fourth-order valence-electron chi connectivity index (χ4n) is 1.82. The summed E-state index contributed by atoms with van der Waals surface area (Å²) in [4.78, 5) is 11.3. The van der Waals surface area contributed by atoms with E-state index >= 15 is 0 Å². The number of aryl methyl sites for hydroxylation is 1. The first-order chi connectivity index (χ1) is 8.08. The van der Waals surface area contributed by atoms with E-state index in [-0.39, 0.29) is 24.2 Å². The Bertz CT molecular complexity index is 393. The maximum Gasteiger partial charge on any atom is 0.307 e. The Hall–Kier alpha value is -1.42. The zero-order valence-corrected chi connectivity index (χ0v) is 10.4. The van der Waals surface area contributed by atoms with Crippen molar-refractivity contribution >= 4 is 5.97 Å². The topological polar surface area (TPSA) is 38.3 Å². The average molecular weight is 239 g/mol. The molecular formula is C13H18FNO2. The fraction of sp³-hybridized carbons (Fsp3) is 0.462. The summed E-state index contributed by atoms with van der Waals surface area (Å²) in [5.41, 5.74) is 1.76. The highest BCUT2D eigenvalue weighted by atomic mass is 19.1. The van der Waals surface area contributed by atoms with Gasteiger partial charge in [0.15, 0.2) is 0 Å². The predicted octanol–water partition coefficient (Wildman–Crippen LogP) is 2.35. The van der Waals surface area contributed by atoms with Gasteiger partial charge in [-0.2, -0.15) is 0 Å². The predicted molar refractivity (Wildman–Crippen MR) is 64.2 cm³/mol. The number of halogens is 1. The normalized spacial score (nSPS) is 12.2. The van der Waals surface area contributed by atoms with Crippen LogP contribution in [0.4, 0.5) is 4.39 Å². The summed E-state index contributed by atoms with van der Waals surface area (Å²) in [6.07, 6.45) is 0.247. The summed E-state index contributed by atoms with van der Waals surface area (Å²) >= 11 is 0. The first-order valence-corrected chi connectivity index (χ1v) is 5.64. The molecule has 1 aromatic rings. The molecule has 1 rings (SSSR count). The molecule has 0 aliphatic heterocycles. The SMILES string of the molecule is CCNC(CC(=O)OC)c1ccc(F)cc1C. The lowest BCUT2D eigenvalue weighted by molar-refractivity contribution is -0.141. The molecule has 0 saturated carbocycles. The summed E-state index contributed by atoms with van der Waals surface area (Å²) in [5.74, 6) is -0.542. The molecule has 94 valence electrons. The van der Waals surface area contributed by atoms with Gasteiger partial charge in [-0.05, 0) is 36.7 Å². The molecule has 0 bridgehead atoms. The van der Waals surface area contributed by atoms with Crippen LogP contribution in [0.25, 0.3) is 0 Å². The zero-order chi connectivity index (χ0) is 12.8. The van der Waals surface area contributed by atoms with Gasteiger partial charge in [-0.15, -0.1) is 0 Å². The zero-order valence-electron chi connectivity index (χ0n) is 10.4. The van der Waals surface area contributed by atoms with Crippen LogP contribution < -0.4 is 5.32 Å². The highest BCUT2D eigenvalue weighted by Gasteiger charge is 2.17. The van der Waals surface area contributed by atoms with E-state index < -0.39 is 0 Å². The van der Waals surface area contributed by atoms with Crippen LogP contribution in [-0.4, -0.2) is 19.6 Å². The second kappa shape index (κ2) is 6.35. The number of hydrogen-bond donors (Lipinski definition) is 1. The van der Waals surface area contributed by atoms with Gasteiger partial charge in [0.1, 0.15) is 5.82 Å². The van der Waals surface area contributed by atoms with Crippen molar-refractivity contribution in [3.8, 4) is 0 Å². The van der Waals surface area contributed by atoms with E-state index in [4.69, 9.17) is 0 Å². The first-order valence-electron chi connectivity index (χ1n) is 5.64. The van der Waals surface area contributed by atoms with Crippen molar-refractivity contribution in [2.45, 2.75) is 26.3 Å². The van der Waals surface area contributed by atoms with Gasteiger partial charge in [0.05, 0.1) is 13.5 Å². The van der Waals surface area contributed by atoms with Crippen molar-refractivity contribution in [2.24, 2.45) is 0 Å². The summed E-state index contributed by atoms with van der Waals surface area (Å²) < 4.78 is 17.7. The number of rotatable bonds is 5. The third kappa shape index (κ3) is 3.82. The minimum absolute atomic E-state index is 0.131. The van der Waals surface area contributed by atoms with Crippen LogP contribution in [0.15, 0.2) is 18.2 Å². The monoisotopic (exact) mass is 239 g/mol. The Balaban J connectivity index is 2.92. The summed E-state index contributed by atoms with van der Waals surface area (Å²) in [6, 6.07) is 4.45. The number of carbonyl (C=O) groups is 1. The van der Waals surface area contributed by atoms with E-state index in [1.807, 2.05) is 13.8 Å². The molecule has 0 spiro atoms. The van der Waals surface area contributed by atoms with Crippen molar-refractivity contribution in [1.29, 1.82) is 0 Å². The van der Waals surface area contributed by atoms with Gasteiger partial charge in [-0.1, -0.05) is 13.0 Å². The minimum Gasteiger partial charge on any atom is -0.469 e. The Labute approximate surface area is 101 Å². The standard InChI is InChI=1S/C13H18FNO2/c1-4-15-12(8-13(16)17-3)11-6-5-10(14)7-9(11)2/h5-7,12,15H,4,8H2,1-3H3. The molecule has 0 amide bonds. The number of esters is 1. The summed E-state index contributed by atoms with van der Waals surface area (Å²) in [5, 5.41) is 3.20. The molecule has 3 nitrogen and oxygen atoms in total. The third-order valence-corrected chi connectivity index (χ3v) is 2.66. The van der Waals surface area contributed by atoms with E-state index in [2.05, 4.69) is 10.1 Å². The van der Waals surface area contributed by atoms with Crippen LogP contribution in [0.2, 0.25) is 0 Å². The Kier molecular flexibility index (Phi) is 5.10. The minimum atomic E-state index is -0.278. The third-order valence-electron chi connectivity index (χ3n) is 2.66.